The molecule has 2 N–H and O–H groups in total. The van der Waals surface area contributed by atoms with Crippen molar-refractivity contribution in [1.29, 1.82) is 0 Å². The lowest BCUT2D eigenvalue weighted by molar-refractivity contribution is 0.0963. The maximum Gasteiger partial charge on any atom is 0.255 e. The standard InChI is InChI=1S/C16H14N4O2/c1-17-16(22)11-3-2-4-14(7-11)20-10-12(5-6-15(20)21)13-8-18-19-9-13/h2-10H,1H3,(H,17,22)(H,18,19). The highest BCUT2D eigenvalue weighted by molar-refractivity contribution is 5.94. The Morgan fingerprint density at radius 2 is 2.09 bits per heavy atom. The number of carbonyl (C=O) groups excluding carboxylic acids is 1. The average Bonchev–Trinajstić information content (AvgIpc) is 3.09. The zero-order valence-electron chi connectivity index (χ0n) is 11.9. The monoisotopic (exact) mass is 294 g/mol. The Balaban J connectivity index is 2.10. The van der Waals surface area contributed by atoms with E-state index >= 15 is 0 Å². The Bertz CT molecular complexity index is 866. The van der Waals surface area contributed by atoms with Gasteiger partial charge in [0.2, 0.25) is 0 Å². The van der Waals surface area contributed by atoms with Crippen LogP contribution in [0.4, 0.5) is 0 Å². The number of hydrogen-bond donors (Lipinski definition) is 2. The van der Waals surface area contributed by atoms with Crippen LogP contribution < -0.4 is 10.9 Å². The number of nitrogens with zero attached hydrogens (tertiary/aromatic N) is 2. The van der Waals surface area contributed by atoms with Crippen LogP contribution in [0.15, 0.2) is 59.8 Å². The number of rotatable bonds is 3. The third-order valence-corrected chi connectivity index (χ3v) is 3.36. The van der Waals surface area contributed by atoms with Crippen LogP contribution in [0.1, 0.15) is 10.4 Å². The number of pyridine rings is 1. The highest BCUT2D eigenvalue weighted by atomic mass is 16.1. The van der Waals surface area contributed by atoms with Crippen molar-refractivity contribution in [2.24, 2.45) is 0 Å². The Hall–Kier alpha value is -3.15. The minimum absolute atomic E-state index is 0.165. The summed E-state index contributed by atoms with van der Waals surface area (Å²) in [6.07, 6.45) is 5.17. The van der Waals surface area contributed by atoms with Gasteiger partial charge >= 0.3 is 0 Å². The Labute approximate surface area is 126 Å². The van der Waals surface area contributed by atoms with Crippen LogP contribution in [0.3, 0.4) is 0 Å². The lowest BCUT2D eigenvalue weighted by atomic mass is 10.1. The van der Waals surface area contributed by atoms with E-state index in [-0.39, 0.29) is 11.5 Å². The molecule has 0 unspecified atom stereocenters. The predicted molar refractivity (Wildman–Crippen MR) is 83.0 cm³/mol. The first-order chi connectivity index (χ1) is 10.7. The number of benzene rings is 1. The number of aromatic amines is 1. The lowest BCUT2D eigenvalue weighted by Crippen LogP contribution is -2.20. The molecule has 3 aromatic rings. The SMILES string of the molecule is CNC(=O)c1cccc(-n2cc(-c3cn[nH]c3)ccc2=O)c1. The van der Waals surface area contributed by atoms with Gasteiger partial charge in [0.25, 0.3) is 11.5 Å². The molecule has 1 amide bonds. The van der Waals surface area contributed by atoms with E-state index in [1.54, 1.807) is 56.0 Å². The molecule has 0 fully saturated rings. The summed E-state index contributed by atoms with van der Waals surface area (Å²) in [4.78, 5) is 23.9. The highest BCUT2D eigenvalue weighted by Gasteiger charge is 2.07. The number of aromatic nitrogens is 3. The molecule has 6 heteroatoms. The molecule has 0 radical (unpaired) electrons. The van der Waals surface area contributed by atoms with Crippen LogP contribution >= 0.6 is 0 Å². The number of H-pyrrole nitrogens is 1. The number of hydrogen-bond acceptors (Lipinski definition) is 3. The van der Waals surface area contributed by atoms with Gasteiger partial charge in [0.1, 0.15) is 0 Å². The minimum atomic E-state index is -0.194. The number of carbonyl (C=O) groups is 1. The highest BCUT2D eigenvalue weighted by Crippen LogP contribution is 2.17. The van der Waals surface area contributed by atoms with Crippen LogP contribution in [0, 0.1) is 0 Å². The molecule has 0 bridgehead atoms. The first kappa shape index (κ1) is 13.8. The summed E-state index contributed by atoms with van der Waals surface area (Å²) < 4.78 is 1.51. The van der Waals surface area contributed by atoms with Gasteiger partial charge in [-0.1, -0.05) is 6.07 Å². The van der Waals surface area contributed by atoms with E-state index in [4.69, 9.17) is 0 Å². The van der Waals surface area contributed by atoms with E-state index < -0.39 is 0 Å². The molecule has 1 aromatic carbocycles. The summed E-state index contributed by atoms with van der Waals surface area (Å²) in [5.74, 6) is -0.194. The fourth-order valence-corrected chi connectivity index (χ4v) is 2.21. The summed E-state index contributed by atoms with van der Waals surface area (Å²) in [5, 5.41) is 9.22. The van der Waals surface area contributed by atoms with Crippen LogP contribution in [-0.2, 0) is 0 Å². The van der Waals surface area contributed by atoms with E-state index in [9.17, 15) is 9.59 Å². The van der Waals surface area contributed by atoms with Gasteiger partial charge in [-0.2, -0.15) is 5.10 Å². The van der Waals surface area contributed by atoms with Gasteiger partial charge in [0, 0.05) is 47.9 Å². The molecule has 0 saturated carbocycles. The van der Waals surface area contributed by atoms with Gasteiger partial charge in [-0.3, -0.25) is 19.3 Å². The molecule has 0 aliphatic rings. The first-order valence-electron chi connectivity index (χ1n) is 6.73. The topological polar surface area (TPSA) is 79.8 Å². The normalized spacial score (nSPS) is 10.4. The van der Waals surface area contributed by atoms with Crippen molar-refractivity contribution in [2.45, 2.75) is 0 Å². The Morgan fingerprint density at radius 3 is 2.82 bits per heavy atom. The summed E-state index contributed by atoms with van der Waals surface area (Å²) >= 11 is 0. The smallest absolute Gasteiger partial charge is 0.255 e. The predicted octanol–water partition coefficient (Wildman–Crippen LogP) is 1.59. The third kappa shape index (κ3) is 2.54. The molecule has 0 aliphatic heterocycles. The van der Waals surface area contributed by atoms with Crippen LogP contribution in [0.5, 0.6) is 0 Å². The van der Waals surface area contributed by atoms with Crippen LogP contribution in [0.25, 0.3) is 16.8 Å². The van der Waals surface area contributed by atoms with E-state index in [1.165, 1.54) is 10.6 Å². The molecule has 0 spiro atoms. The van der Waals surface area contributed by atoms with Gasteiger partial charge < -0.3 is 5.32 Å². The van der Waals surface area contributed by atoms with Crippen LogP contribution in [0.2, 0.25) is 0 Å². The lowest BCUT2D eigenvalue weighted by Gasteiger charge is -2.09. The van der Waals surface area contributed by atoms with E-state index in [0.717, 1.165) is 11.1 Å². The molecule has 6 nitrogen and oxygen atoms in total. The van der Waals surface area contributed by atoms with Crippen molar-refractivity contribution in [3.8, 4) is 16.8 Å². The zero-order valence-corrected chi connectivity index (χ0v) is 11.9. The number of amides is 1. The minimum Gasteiger partial charge on any atom is -0.355 e. The fraction of sp³-hybridized carbons (Fsp3) is 0.0625. The Morgan fingerprint density at radius 1 is 1.23 bits per heavy atom. The molecule has 2 heterocycles. The van der Waals surface area contributed by atoms with Gasteiger partial charge in [0.15, 0.2) is 0 Å². The number of nitrogens with one attached hydrogen (secondary N) is 2. The third-order valence-electron chi connectivity index (χ3n) is 3.36. The summed E-state index contributed by atoms with van der Waals surface area (Å²) in [5.41, 5.74) is 2.72. The molecule has 22 heavy (non-hydrogen) atoms. The summed E-state index contributed by atoms with van der Waals surface area (Å²) in [6, 6.07) is 10.2. The molecule has 0 saturated heterocycles. The molecular weight excluding hydrogens is 280 g/mol. The largest absolute Gasteiger partial charge is 0.355 e. The Kier molecular flexibility index (Phi) is 3.57. The molecule has 2 aromatic heterocycles. The van der Waals surface area contributed by atoms with E-state index in [2.05, 4.69) is 15.5 Å². The zero-order chi connectivity index (χ0) is 15.5. The van der Waals surface area contributed by atoms with Crippen molar-refractivity contribution in [3.05, 3.63) is 70.9 Å². The second kappa shape index (κ2) is 5.69. The van der Waals surface area contributed by atoms with Crippen molar-refractivity contribution in [1.82, 2.24) is 20.1 Å². The van der Waals surface area contributed by atoms with Gasteiger partial charge in [0.05, 0.1) is 6.20 Å². The summed E-state index contributed by atoms with van der Waals surface area (Å²) in [6.45, 7) is 0. The maximum atomic E-state index is 12.1. The van der Waals surface area contributed by atoms with Gasteiger partial charge in [-0.25, -0.2) is 0 Å². The first-order valence-corrected chi connectivity index (χ1v) is 6.73. The van der Waals surface area contributed by atoms with E-state index in [0.29, 0.717) is 11.3 Å². The summed E-state index contributed by atoms with van der Waals surface area (Å²) in [7, 11) is 1.57. The molecule has 0 atom stereocenters. The van der Waals surface area contributed by atoms with Crippen molar-refractivity contribution < 1.29 is 4.79 Å². The van der Waals surface area contributed by atoms with Gasteiger partial charge in [-0.15, -0.1) is 0 Å². The van der Waals surface area contributed by atoms with E-state index in [1.807, 2.05) is 0 Å². The molecule has 110 valence electrons. The fourth-order valence-electron chi connectivity index (χ4n) is 2.21. The second-order valence-corrected chi connectivity index (χ2v) is 4.74. The average molecular weight is 294 g/mol. The molecular formula is C16H14N4O2. The molecule has 3 rings (SSSR count). The molecule has 0 aliphatic carbocycles. The van der Waals surface area contributed by atoms with Crippen molar-refractivity contribution >= 4 is 5.91 Å². The van der Waals surface area contributed by atoms with Gasteiger partial charge in [-0.05, 0) is 24.3 Å². The maximum absolute atomic E-state index is 12.1. The second-order valence-electron chi connectivity index (χ2n) is 4.74. The quantitative estimate of drug-likeness (QED) is 0.770. The van der Waals surface area contributed by atoms with Crippen molar-refractivity contribution in [3.63, 3.8) is 0 Å². The van der Waals surface area contributed by atoms with Crippen LogP contribution in [-0.4, -0.2) is 27.7 Å². The van der Waals surface area contributed by atoms with Crippen molar-refractivity contribution in [2.75, 3.05) is 7.05 Å².